The van der Waals surface area contributed by atoms with Crippen molar-refractivity contribution in [3.8, 4) is 5.75 Å². The summed E-state index contributed by atoms with van der Waals surface area (Å²) in [6.45, 7) is 2.62. The van der Waals surface area contributed by atoms with E-state index < -0.39 is 0 Å². The lowest BCUT2D eigenvalue weighted by molar-refractivity contribution is 0.340. The summed E-state index contributed by atoms with van der Waals surface area (Å²) in [6.07, 6.45) is 3.23. The van der Waals surface area contributed by atoms with E-state index in [1.165, 1.54) is 11.0 Å². The van der Waals surface area contributed by atoms with Crippen LogP contribution in [0.2, 0.25) is 0 Å². The van der Waals surface area contributed by atoms with Crippen LogP contribution < -0.4 is 4.74 Å². The minimum absolute atomic E-state index is 0.465. The van der Waals surface area contributed by atoms with E-state index in [4.69, 9.17) is 17.0 Å². The molecule has 6 heteroatoms. The first-order valence-electron chi connectivity index (χ1n) is 5.19. The van der Waals surface area contributed by atoms with Gasteiger partial charge in [0, 0.05) is 0 Å². The molecule has 2 aromatic rings. The molecule has 1 N–H and O–H groups in total. The largest absolute Gasteiger partial charge is 0.494 e. The summed E-state index contributed by atoms with van der Waals surface area (Å²) in [7, 11) is 0. The SMILES string of the molecule is CCOc1ccc(/C=N/n2cn[nH]c2=S)cc1. The molecule has 1 aromatic heterocycles. The first-order chi connectivity index (χ1) is 8.29. The van der Waals surface area contributed by atoms with Crippen molar-refractivity contribution in [3.05, 3.63) is 40.9 Å². The lowest BCUT2D eigenvalue weighted by Gasteiger charge is -2.01. The van der Waals surface area contributed by atoms with Gasteiger partial charge in [0.25, 0.3) is 0 Å². The molecule has 0 saturated carbocycles. The van der Waals surface area contributed by atoms with E-state index in [2.05, 4.69) is 15.3 Å². The van der Waals surface area contributed by atoms with Gasteiger partial charge in [-0.2, -0.15) is 14.9 Å². The molecule has 0 spiro atoms. The van der Waals surface area contributed by atoms with Crippen molar-refractivity contribution < 1.29 is 4.74 Å². The van der Waals surface area contributed by atoms with Gasteiger partial charge in [0.05, 0.1) is 12.8 Å². The number of hydrogen-bond donors (Lipinski definition) is 1. The molecule has 1 heterocycles. The first kappa shape index (κ1) is 11.5. The van der Waals surface area contributed by atoms with Crippen molar-refractivity contribution in [1.82, 2.24) is 14.9 Å². The maximum atomic E-state index is 5.35. The average Bonchev–Trinajstić information content (AvgIpc) is 2.75. The normalized spacial score (nSPS) is 10.9. The zero-order chi connectivity index (χ0) is 12.1. The third-order valence-corrected chi connectivity index (χ3v) is 2.34. The third-order valence-electron chi connectivity index (χ3n) is 2.06. The van der Waals surface area contributed by atoms with E-state index in [1.54, 1.807) is 6.21 Å². The molecule has 88 valence electrons. The molecule has 0 unspecified atom stereocenters. The second-order valence-electron chi connectivity index (χ2n) is 3.25. The predicted octanol–water partition coefficient (Wildman–Crippen LogP) is 2.22. The van der Waals surface area contributed by atoms with Crippen LogP contribution in [-0.2, 0) is 0 Å². The van der Waals surface area contributed by atoms with Crippen LogP contribution in [0, 0.1) is 4.77 Å². The van der Waals surface area contributed by atoms with Crippen molar-refractivity contribution in [2.75, 3.05) is 6.61 Å². The first-order valence-corrected chi connectivity index (χ1v) is 5.59. The Bertz CT molecular complexity index is 555. The Morgan fingerprint density at radius 2 is 2.24 bits per heavy atom. The van der Waals surface area contributed by atoms with E-state index in [0.29, 0.717) is 11.4 Å². The molecule has 0 radical (unpaired) electrons. The summed E-state index contributed by atoms with van der Waals surface area (Å²) in [6, 6.07) is 7.66. The van der Waals surface area contributed by atoms with Crippen LogP contribution in [-0.4, -0.2) is 27.7 Å². The van der Waals surface area contributed by atoms with E-state index in [-0.39, 0.29) is 0 Å². The highest BCUT2D eigenvalue weighted by atomic mass is 32.1. The molecule has 2 rings (SSSR count). The van der Waals surface area contributed by atoms with Gasteiger partial charge in [0.2, 0.25) is 4.77 Å². The van der Waals surface area contributed by atoms with Gasteiger partial charge in [-0.05, 0) is 49.0 Å². The molecule has 0 fully saturated rings. The third kappa shape index (κ3) is 3.01. The number of hydrogen-bond acceptors (Lipinski definition) is 4. The number of H-pyrrole nitrogens is 1. The number of ether oxygens (including phenoxy) is 1. The van der Waals surface area contributed by atoms with Gasteiger partial charge in [0.1, 0.15) is 12.1 Å². The van der Waals surface area contributed by atoms with Crippen molar-refractivity contribution >= 4 is 18.4 Å². The number of benzene rings is 1. The van der Waals surface area contributed by atoms with Crippen molar-refractivity contribution in [1.29, 1.82) is 0 Å². The van der Waals surface area contributed by atoms with Gasteiger partial charge in [-0.3, -0.25) is 5.10 Å². The summed E-state index contributed by atoms with van der Waals surface area (Å²) < 4.78 is 7.31. The Morgan fingerprint density at radius 1 is 1.47 bits per heavy atom. The Balaban J connectivity index is 2.11. The monoisotopic (exact) mass is 248 g/mol. The molecule has 0 aliphatic carbocycles. The van der Waals surface area contributed by atoms with E-state index in [9.17, 15) is 0 Å². The summed E-state index contributed by atoms with van der Waals surface area (Å²) >= 11 is 4.97. The lowest BCUT2D eigenvalue weighted by Crippen LogP contribution is -1.92. The lowest BCUT2D eigenvalue weighted by atomic mass is 10.2. The Kier molecular flexibility index (Phi) is 3.66. The van der Waals surface area contributed by atoms with Crippen LogP contribution in [0.3, 0.4) is 0 Å². The predicted molar refractivity (Wildman–Crippen MR) is 68.0 cm³/mol. The fourth-order valence-corrected chi connectivity index (χ4v) is 1.42. The van der Waals surface area contributed by atoms with Crippen molar-refractivity contribution in [2.24, 2.45) is 5.10 Å². The van der Waals surface area contributed by atoms with Crippen LogP contribution in [0.1, 0.15) is 12.5 Å². The fraction of sp³-hybridized carbons (Fsp3) is 0.182. The topological polar surface area (TPSA) is 55.2 Å². The highest BCUT2D eigenvalue weighted by Crippen LogP contribution is 2.10. The molecule has 1 aromatic carbocycles. The fourth-order valence-electron chi connectivity index (χ4n) is 1.27. The minimum Gasteiger partial charge on any atom is -0.494 e. The van der Waals surface area contributed by atoms with Crippen molar-refractivity contribution in [3.63, 3.8) is 0 Å². The van der Waals surface area contributed by atoms with E-state index in [0.717, 1.165) is 11.3 Å². The average molecular weight is 248 g/mol. The molecular weight excluding hydrogens is 236 g/mol. The zero-order valence-corrected chi connectivity index (χ0v) is 10.1. The molecule has 0 amide bonds. The van der Waals surface area contributed by atoms with Crippen molar-refractivity contribution in [2.45, 2.75) is 6.92 Å². The Labute approximate surface area is 104 Å². The molecule has 0 saturated heterocycles. The van der Waals surface area contributed by atoms with Gasteiger partial charge in [0.15, 0.2) is 0 Å². The van der Waals surface area contributed by atoms with E-state index in [1.807, 2.05) is 31.2 Å². The molecule has 17 heavy (non-hydrogen) atoms. The zero-order valence-electron chi connectivity index (χ0n) is 9.33. The summed E-state index contributed by atoms with van der Waals surface area (Å²) in [5.41, 5.74) is 0.969. The molecule has 0 aliphatic rings. The maximum absolute atomic E-state index is 5.35. The van der Waals surface area contributed by atoms with Gasteiger partial charge < -0.3 is 4.74 Å². The smallest absolute Gasteiger partial charge is 0.216 e. The summed E-state index contributed by atoms with van der Waals surface area (Å²) in [5.74, 6) is 0.851. The number of nitrogens with zero attached hydrogens (tertiary/aromatic N) is 3. The number of rotatable bonds is 4. The van der Waals surface area contributed by atoms with Gasteiger partial charge in [-0.1, -0.05) is 0 Å². The molecule has 5 nitrogen and oxygen atoms in total. The Hall–Kier alpha value is -1.95. The highest BCUT2D eigenvalue weighted by molar-refractivity contribution is 7.71. The van der Waals surface area contributed by atoms with Gasteiger partial charge in [-0.15, -0.1) is 0 Å². The minimum atomic E-state index is 0.465. The molecular formula is C11H12N4OS. The molecule has 0 bridgehead atoms. The number of aromatic nitrogens is 3. The standard InChI is InChI=1S/C11H12N4OS/c1-2-16-10-5-3-9(4-6-10)7-13-15-8-12-14-11(15)17/h3-8H,2H2,1H3,(H,14,17)/b13-7+. The molecule has 0 aliphatic heterocycles. The van der Waals surface area contributed by atoms with Crippen LogP contribution in [0.25, 0.3) is 0 Å². The van der Waals surface area contributed by atoms with Crippen LogP contribution >= 0.6 is 12.2 Å². The second kappa shape index (κ2) is 5.40. The number of nitrogens with one attached hydrogen (secondary N) is 1. The molecule has 0 atom stereocenters. The van der Waals surface area contributed by atoms with E-state index >= 15 is 0 Å². The highest BCUT2D eigenvalue weighted by Gasteiger charge is 1.93. The Morgan fingerprint density at radius 3 is 2.82 bits per heavy atom. The quantitative estimate of drug-likeness (QED) is 0.666. The summed E-state index contributed by atoms with van der Waals surface area (Å²) in [4.78, 5) is 0. The van der Waals surface area contributed by atoms with Gasteiger partial charge in [-0.25, -0.2) is 0 Å². The maximum Gasteiger partial charge on any atom is 0.216 e. The van der Waals surface area contributed by atoms with Gasteiger partial charge >= 0.3 is 0 Å². The van der Waals surface area contributed by atoms with Crippen LogP contribution in [0.15, 0.2) is 35.7 Å². The van der Waals surface area contributed by atoms with Crippen LogP contribution in [0.5, 0.6) is 5.75 Å². The second-order valence-corrected chi connectivity index (χ2v) is 3.64. The van der Waals surface area contributed by atoms with Crippen LogP contribution in [0.4, 0.5) is 0 Å². The summed E-state index contributed by atoms with van der Waals surface area (Å²) in [5, 5.41) is 10.6. The number of aromatic amines is 1.